The zero-order chi connectivity index (χ0) is 17.1. The minimum atomic E-state index is -0.441. The molecule has 8 heteroatoms. The fraction of sp³-hybridized carbons (Fsp3) is 0.562. The number of likely N-dealkylation sites (tertiary alicyclic amines) is 1. The van der Waals surface area contributed by atoms with Gasteiger partial charge in [-0.3, -0.25) is 14.3 Å². The van der Waals surface area contributed by atoms with E-state index in [1.807, 2.05) is 12.1 Å². The van der Waals surface area contributed by atoms with E-state index < -0.39 is 11.2 Å². The zero-order valence-electron chi connectivity index (χ0n) is 14.1. The minimum Gasteiger partial charge on any atom is -0.468 e. The number of anilines is 1. The van der Waals surface area contributed by atoms with E-state index in [0.29, 0.717) is 6.54 Å². The normalized spacial score (nSPS) is 16.9. The van der Waals surface area contributed by atoms with Crippen molar-refractivity contribution in [3.8, 4) is 0 Å². The highest BCUT2D eigenvalue weighted by Crippen LogP contribution is 2.25. The second kappa shape index (κ2) is 7.04. The number of rotatable bonds is 5. The first-order chi connectivity index (χ1) is 11.6. The molecule has 0 bridgehead atoms. The zero-order valence-corrected chi connectivity index (χ0v) is 14.1. The highest BCUT2D eigenvalue weighted by atomic mass is 16.3. The molecule has 2 aromatic rings. The van der Waals surface area contributed by atoms with Gasteiger partial charge in [0.25, 0.3) is 5.56 Å². The first kappa shape index (κ1) is 16.5. The van der Waals surface area contributed by atoms with Crippen molar-refractivity contribution in [2.24, 2.45) is 14.1 Å². The van der Waals surface area contributed by atoms with Gasteiger partial charge in [0.1, 0.15) is 5.76 Å². The van der Waals surface area contributed by atoms with Gasteiger partial charge < -0.3 is 9.73 Å². The fourth-order valence-corrected chi connectivity index (χ4v) is 3.12. The molecule has 24 heavy (non-hydrogen) atoms. The third-order valence-corrected chi connectivity index (χ3v) is 4.49. The van der Waals surface area contributed by atoms with Crippen LogP contribution in [0.4, 0.5) is 5.82 Å². The van der Waals surface area contributed by atoms with Crippen LogP contribution in [0.1, 0.15) is 31.1 Å². The van der Waals surface area contributed by atoms with Crippen molar-refractivity contribution < 1.29 is 4.42 Å². The Labute approximate surface area is 139 Å². The highest BCUT2D eigenvalue weighted by Gasteiger charge is 2.25. The molecule has 1 aliphatic rings. The van der Waals surface area contributed by atoms with Crippen molar-refractivity contribution in [1.29, 1.82) is 0 Å². The van der Waals surface area contributed by atoms with Gasteiger partial charge in [0.05, 0.1) is 12.3 Å². The molecule has 3 rings (SSSR count). The quantitative estimate of drug-likeness (QED) is 0.867. The molecular formula is C16H23N5O3. The number of hydrogen-bond donors (Lipinski definition) is 1. The Morgan fingerprint density at radius 3 is 2.67 bits per heavy atom. The number of aryl methyl sites for hydroxylation is 1. The molecule has 0 radical (unpaired) electrons. The predicted octanol–water partition coefficient (Wildman–Crippen LogP) is 0.711. The minimum absolute atomic E-state index is 0.0315. The van der Waals surface area contributed by atoms with Crippen LogP contribution in [0.15, 0.2) is 32.4 Å². The Kier molecular flexibility index (Phi) is 4.84. The summed E-state index contributed by atoms with van der Waals surface area (Å²) in [5.41, 5.74) is -0.862. The molecule has 1 aliphatic heterocycles. The van der Waals surface area contributed by atoms with Gasteiger partial charge in [-0.05, 0) is 38.1 Å². The smallest absolute Gasteiger partial charge is 0.346 e. The average Bonchev–Trinajstić information content (AvgIpc) is 3.13. The lowest BCUT2D eigenvalue weighted by Crippen LogP contribution is -2.41. The summed E-state index contributed by atoms with van der Waals surface area (Å²) in [6, 6.07) is 3.85. The number of nitrogens with zero attached hydrogens (tertiary/aromatic N) is 4. The fourth-order valence-electron chi connectivity index (χ4n) is 3.12. The van der Waals surface area contributed by atoms with Gasteiger partial charge in [-0.25, -0.2) is 9.48 Å². The molecule has 1 fully saturated rings. The van der Waals surface area contributed by atoms with Gasteiger partial charge in [-0.2, -0.15) is 0 Å². The van der Waals surface area contributed by atoms with Crippen molar-refractivity contribution >= 4 is 5.82 Å². The molecule has 3 heterocycles. The number of piperidine rings is 1. The average molecular weight is 333 g/mol. The van der Waals surface area contributed by atoms with Crippen molar-refractivity contribution in [3.05, 3.63) is 45.0 Å². The molecule has 0 spiro atoms. The van der Waals surface area contributed by atoms with Crippen LogP contribution >= 0.6 is 0 Å². The van der Waals surface area contributed by atoms with Crippen molar-refractivity contribution in [3.63, 3.8) is 0 Å². The van der Waals surface area contributed by atoms with Crippen LogP contribution in [0.2, 0.25) is 0 Å². The SMILES string of the molecule is Cn1nc(NC[C@H](c2ccco2)N2CCCCC2)c(=O)n(C)c1=O. The summed E-state index contributed by atoms with van der Waals surface area (Å²) in [7, 11) is 2.98. The number of furan rings is 1. The summed E-state index contributed by atoms with van der Waals surface area (Å²) in [4.78, 5) is 26.3. The molecule has 0 saturated carbocycles. The van der Waals surface area contributed by atoms with Gasteiger partial charge >= 0.3 is 5.69 Å². The van der Waals surface area contributed by atoms with Gasteiger partial charge in [0.15, 0.2) is 0 Å². The molecule has 130 valence electrons. The molecular weight excluding hydrogens is 310 g/mol. The maximum absolute atomic E-state index is 12.2. The standard InChI is InChI=1S/C16H23N5O3/c1-19-15(22)14(18-20(2)16(19)23)17-11-12(13-7-6-10-24-13)21-8-4-3-5-9-21/h6-7,10,12H,3-5,8-9,11H2,1-2H3,(H,17,18)/t12-/m1/s1. The first-order valence-electron chi connectivity index (χ1n) is 8.23. The van der Waals surface area contributed by atoms with Crippen LogP contribution in [0.5, 0.6) is 0 Å². The van der Waals surface area contributed by atoms with E-state index in [-0.39, 0.29) is 11.9 Å². The van der Waals surface area contributed by atoms with Crippen molar-refractivity contribution in [2.45, 2.75) is 25.3 Å². The van der Waals surface area contributed by atoms with E-state index >= 15 is 0 Å². The van der Waals surface area contributed by atoms with Crippen LogP contribution in [0.25, 0.3) is 0 Å². The molecule has 1 atom stereocenters. The number of aromatic nitrogens is 3. The Hall–Kier alpha value is -2.35. The lowest BCUT2D eigenvalue weighted by molar-refractivity contribution is 0.152. The molecule has 2 aromatic heterocycles. The summed E-state index contributed by atoms with van der Waals surface area (Å²) < 4.78 is 7.81. The van der Waals surface area contributed by atoms with Crippen LogP contribution < -0.4 is 16.6 Å². The summed E-state index contributed by atoms with van der Waals surface area (Å²) in [5, 5.41) is 7.14. The number of hydrogen-bond acceptors (Lipinski definition) is 6. The topological polar surface area (TPSA) is 85.3 Å². The van der Waals surface area contributed by atoms with Gasteiger partial charge in [-0.15, -0.1) is 5.10 Å². The molecule has 0 unspecified atom stereocenters. The van der Waals surface area contributed by atoms with E-state index in [4.69, 9.17) is 4.42 Å². The molecule has 1 saturated heterocycles. The van der Waals surface area contributed by atoms with Crippen molar-refractivity contribution in [1.82, 2.24) is 19.2 Å². The van der Waals surface area contributed by atoms with E-state index in [9.17, 15) is 9.59 Å². The molecule has 1 N–H and O–H groups in total. The Balaban J connectivity index is 1.81. The van der Waals surface area contributed by atoms with Crippen LogP contribution in [0, 0.1) is 0 Å². The molecule has 8 nitrogen and oxygen atoms in total. The molecule has 0 aliphatic carbocycles. The van der Waals surface area contributed by atoms with Crippen LogP contribution in [-0.4, -0.2) is 38.9 Å². The van der Waals surface area contributed by atoms with Gasteiger partial charge in [0, 0.05) is 20.6 Å². The lowest BCUT2D eigenvalue weighted by Gasteiger charge is -2.33. The van der Waals surface area contributed by atoms with E-state index in [2.05, 4.69) is 15.3 Å². The highest BCUT2D eigenvalue weighted by molar-refractivity contribution is 5.30. The summed E-state index contributed by atoms with van der Waals surface area (Å²) in [6.07, 6.45) is 5.24. The molecule has 0 aromatic carbocycles. The Bertz CT molecular complexity index is 787. The summed E-state index contributed by atoms with van der Waals surface area (Å²) in [6.45, 7) is 2.51. The number of nitrogens with one attached hydrogen (secondary N) is 1. The van der Waals surface area contributed by atoms with Crippen LogP contribution in [-0.2, 0) is 14.1 Å². The second-order valence-electron chi connectivity index (χ2n) is 6.13. The second-order valence-corrected chi connectivity index (χ2v) is 6.13. The monoisotopic (exact) mass is 333 g/mol. The summed E-state index contributed by atoms with van der Waals surface area (Å²) in [5.74, 6) is 1.04. The van der Waals surface area contributed by atoms with E-state index in [1.165, 1.54) is 20.5 Å². The third-order valence-electron chi connectivity index (χ3n) is 4.49. The van der Waals surface area contributed by atoms with E-state index in [0.717, 1.165) is 40.9 Å². The lowest BCUT2D eigenvalue weighted by atomic mass is 10.1. The van der Waals surface area contributed by atoms with Crippen LogP contribution in [0.3, 0.4) is 0 Å². The van der Waals surface area contributed by atoms with Gasteiger partial charge in [0.2, 0.25) is 5.82 Å². The predicted molar refractivity (Wildman–Crippen MR) is 90.1 cm³/mol. The molecule has 0 amide bonds. The maximum Gasteiger partial charge on any atom is 0.346 e. The Morgan fingerprint density at radius 2 is 2.00 bits per heavy atom. The van der Waals surface area contributed by atoms with Crippen molar-refractivity contribution in [2.75, 3.05) is 25.0 Å². The van der Waals surface area contributed by atoms with E-state index in [1.54, 1.807) is 6.26 Å². The largest absolute Gasteiger partial charge is 0.468 e. The maximum atomic E-state index is 12.2. The Morgan fingerprint density at radius 1 is 1.25 bits per heavy atom. The summed E-state index contributed by atoms with van der Waals surface area (Å²) >= 11 is 0. The third kappa shape index (κ3) is 3.28. The van der Waals surface area contributed by atoms with Gasteiger partial charge in [-0.1, -0.05) is 6.42 Å². The first-order valence-corrected chi connectivity index (χ1v) is 8.23.